The number of ether oxygens (including phenoxy) is 1. The predicted octanol–water partition coefficient (Wildman–Crippen LogP) is 1.63. The van der Waals surface area contributed by atoms with E-state index in [1.807, 2.05) is 6.07 Å². The molecule has 11 heteroatoms. The van der Waals surface area contributed by atoms with Crippen molar-refractivity contribution in [2.75, 3.05) is 37.0 Å². The highest BCUT2D eigenvalue weighted by molar-refractivity contribution is 9.10. The molecule has 1 aromatic carbocycles. The first-order valence-corrected chi connectivity index (χ1v) is 9.19. The number of nitrogens with zero attached hydrogens (tertiary/aromatic N) is 3. The highest BCUT2D eigenvalue weighted by atomic mass is 79.9. The van der Waals surface area contributed by atoms with Gasteiger partial charge in [-0.15, -0.1) is 10.2 Å². The molecule has 0 radical (unpaired) electrons. The molecular weight excluding hydrogens is 454 g/mol. The Hall–Kier alpha value is -2.72. The highest BCUT2D eigenvalue weighted by Gasteiger charge is 2.13. The van der Waals surface area contributed by atoms with E-state index < -0.39 is 24.4 Å². The summed E-state index contributed by atoms with van der Waals surface area (Å²) in [6, 6.07) is 10.2. The number of para-hydroxylation sites is 1. The maximum absolute atomic E-state index is 11.9. The minimum absolute atomic E-state index is 0.133. The fraction of sp³-hybridized carbons (Fsp3) is 0.235. The van der Waals surface area contributed by atoms with Crippen molar-refractivity contribution in [1.29, 1.82) is 0 Å². The van der Waals surface area contributed by atoms with Gasteiger partial charge in [0.15, 0.2) is 17.6 Å². The molecule has 2 amide bonds. The van der Waals surface area contributed by atoms with Crippen LogP contribution in [-0.4, -0.2) is 54.7 Å². The van der Waals surface area contributed by atoms with Gasteiger partial charge in [-0.3, -0.25) is 14.4 Å². The summed E-state index contributed by atoms with van der Waals surface area (Å²) in [4.78, 5) is 36.9. The third kappa shape index (κ3) is 7.12. The van der Waals surface area contributed by atoms with E-state index in [-0.39, 0.29) is 18.2 Å². The first-order chi connectivity index (χ1) is 13.3. The number of nitrogens with one attached hydrogen (secondary N) is 2. The van der Waals surface area contributed by atoms with Crippen molar-refractivity contribution in [2.24, 2.45) is 0 Å². The first kappa shape index (κ1) is 21.6. The van der Waals surface area contributed by atoms with Crippen molar-refractivity contribution >= 4 is 56.8 Å². The maximum Gasteiger partial charge on any atom is 0.326 e. The molecule has 2 rings (SSSR count). The third-order valence-corrected chi connectivity index (χ3v) is 4.23. The SMILES string of the molecule is CN(CC(=O)OCC(=O)NCC(=O)Nc1ccccc1Br)c1ccc(Cl)nn1. The quantitative estimate of drug-likeness (QED) is 0.564. The lowest BCUT2D eigenvalue weighted by Crippen LogP contribution is -2.36. The summed E-state index contributed by atoms with van der Waals surface area (Å²) in [6.07, 6.45) is 0. The molecule has 0 unspecified atom stereocenters. The van der Waals surface area contributed by atoms with Crippen molar-refractivity contribution < 1.29 is 19.1 Å². The molecule has 0 spiro atoms. The van der Waals surface area contributed by atoms with Gasteiger partial charge < -0.3 is 20.3 Å². The molecule has 2 N–H and O–H groups in total. The van der Waals surface area contributed by atoms with E-state index in [2.05, 4.69) is 36.8 Å². The van der Waals surface area contributed by atoms with Crippen molar-refractivity contribution in [3.8, 4) is 0 Å². The van der Waals surface area contributed by atoms with Crippen LogP contribution in [0, 0.1) is 0 Å². The molecule has 148 valence electrons. The molecule has 0 aliphatic rings. The van der Waals surface area contributed by atoms with Crippen molar-refractivity contribution in [2.45, 2.75) is 0 Å². The second-order valence-corrected chi connectivity index (χ2v) is 6.78. The van der Waals surface area contributed by atoms with E-state index >= 15 is 0 Å². The van der Waals surface area contributed by atoms with Crippen LogP contribution in [-0.2, 0) is 19.1 Å². The number of hydrogen-bond donors (Lipinski definition) is 2. The van der Waals surface area contributed by atoms with E-state index in [0.717, 1.165) is 4.47 Å². The lowest BCUT2D eigenvalue weighted by Gasteiger charge is -2.16. The average Bonchev–Trinajstić information content (AvgIpc) is 2.67. The normalized spacial score (nSPS) is 10.1. The van der Waals surface area contributed by atoms with E-state index in [4.69, 9.17) is 16.3 Å². The van der Waals surface area contributed by atoms with E-state index in [9.17, 15) is 14.4 Å². The van der Waals surface area contributed by atoms with Gasteiger partial charge >= 0.3 is 5.97 Å². The Bertz CT molecular complexity index is 850. The van der Waals surface area contributed by atoms with Crippen LogP contribution < -0.4 is 15.5 Å². The van der Waals surface area contributed by atoms with E-state index in [1.54, 1.807) is 31.3 Å². The van der Waals surface area contributed by atoms with Gasteiger partial charge in [-0.2, -0.15) is 0 Å². The number of carbonyl (C=O) groups excluding carboxylic acids is 3. The Morgan fingerprint density at radius 3 is 2.57 bits per heavy atom. The molecule has 2 aromatic rings. The van der Waals surface area contributed by atoms with Gasteiger partial charge in [0.1, 0.15) is 6.54 Å². The minimum Gasteiger partial charge on any atom is -0.454 e. The van der Waals surface area contributed by atoms with Gasteiger partial charge in [-0.25, -0.2) is 0 Å². The zero-order valence-corrected chi connectivity index (χ0v) is 17.2. The van der Waals surface area contributed by atoms with Crippen LogP contribution in [0.1, 0.15) is 0 Å². The van der Waals surface area contributed by atoms with Crippen molar-refractivity contribution in [3.63, 3.8) is 0 Å². The molecule has 0 aliphatic heterocycles. The van der Waals surface area contributed by atoms with Gasteiger partial charge in [0.2, 0.25) is 5.91 Å². The average molecular weight is 471 g/mol. The third-order valence-electron chi connectivity index (χ3n) is 3.33. The summed E-state index contributed by atoms with van der Waals surface area (Å²) in [6.45, 7) is -0.884. The van der Waals surface area contributed by atoms with Gasteiger partial charge in [0.25, 0.3) is 5.91 Å². The Labute approximate surface area is 174 Å². The lowest BCUT2D eigenvalue weighted by molar-refractivity contribution is -0.147. The number of carbonyl (C=O) groups is 3. The summed E-state index contributed by atoms with van der Waals surface area (Å²) in [5.74, 6) is -1.21. The zero-order chi connectivity index (χ0) is 20.5. The summed E-state index contributed by atoms with van der Waals surface area (Å²) >= 11 is 8.96. The molecule has 0 aliphatic carbocycles. The monoisotopic (exact) mass is 469 g/mol. The van der Waals surface area contributed by atoms with Gasteiger partial charge in [-0.1, -0.05) is 23.7 Å². The smallest absolute Gasteiger partial charge is 0.326 e. The number of hydrogen-bond acceptors (Lipinski definition) is 7. The molecule has 0 saturated heterocycles. The number of aromatic nitrogens is 2. The second kappa shape index (κ2) is 10.6. The summed E-state index contributed by atoms with van der Waals surface area (Å²) < 4.78 is 5.60. The largest absolute Gasteiger partial charge is 0.454 e. The summed E-state index contributed by atoms with van der Waals surface area (Å²) in [5.41, 5.74) is 0.585. The van der Waals surface area contributed by atoms with Gasteiger partial charge in [0, 0.05) is 11.5 Å². The lowest BCUT2D eigenvalue weighted by atomic mass is 10.3. The summed E-state index contributed by atoms with van der Waals surface area (Å²) in [5, 5.41) is 12.8. The topological polar surface area (TPSA) is 114 Å². The van der Waals surface area contributed by atoms with Crippen molar-refractivity contribution in [3.05, 3.63) is 46.0 Å². The Balaban J connectivity index is 1.68. The fourth-order valence-electron chi connectivity index (χ4n) is 1.97. The minimum atomic E-state index is -0.632. The number of likely N-dealkylation sites (N-methyl/N-ethyl adjacent to an activating group) is 1. The fourth-order valence-corrected chi connectivity index (χ4v) is 2.45. The highest BCUT2D eigenvalue weighted by Crippen LogP contribution is 2.20. The second-order valence-electron chi connectivity index (χ2n) is 5.54. The predicted molar refractivity (Wildman–Crippen MR) is 107 cm³/mol. The number of benzene rings is 1. The van der Waals surface area contributed by atoms with Crippen LogP contribution in [0.3, 0.4) is 0 Å². The number of esters is 1. The molecule has 1 heterocycles. The molecule has 0 saturated carbocycles. The number of halogens is 2. The standard InChI is InChI=1S/C17H17BrClN5O4/c1-24(14-7-6-13(19)22-23-14)9-17(27)28-10-16(26)20-8-15(25)21-12-5-3-2-4-11(12)18/h2-7H,8-10H2,1H3,(H,20,26)(H,21,25). The van der Waals surface area contributed by atoms with Crippen LogP contribution in [0.15, 0.2) is 40.9 Å². The molecule has 1 aromatic heterocycles. The van der Waals surface area contributed by atoms with Gasteiger partial charge in [-0.05, 0) is 40.2 Å². The van der Waals surface area contributed by atoms with Crippen LogP contribution in [0.4, 0.5) is 11.5 Å². The molecule has 28 heavy (non-hydrogen) atoms. The van der Waals surface area contributed by atoms with Gasteiger partial charge in [0.05, 0.1) is 12.2 Å². The molecule has 0 bridgehead atoms. The summed E-state index contributed by atoms with van der Waals surface area (Å²) in [7, 11) is 1.62. The number of anilines is 2. The van der Waals surface area contributed by atoms with Crippen molar-refractivity contribution in [1.82, 2.24) is 15.5 Å². The van der Waals surface area contributed by atoms with Crippen LogP contribution >= 0.6 is 27.5 Å². The maximum atomic E-state index is 11.9. The Morgan fingerprint density at radius 1 is 1.14 bits per heavy atom. The van der Waals surface area contributed by atoms with E-state index in [0.29, 0.717) is 11.5 Å². The molecule has 0 fully saturated rings. The van der Waals surface area contributed by atoms with Crippen LogP contribution in [0.2, 0.25) is 5.15 Å². The number of rotatable bonds is 8. The van der Waals surface area contributed by atoms with Crippen LogP contribution in [0.5, 0.6) is 0 Å². The molecule has 9 nitrogen and oxygen atoms in total. The Kier molecular flexibility index (Phi) is 8.15. The van der Waals surface area contributed by atoms with E-state index in [1.165, 1.54) is 11.0 Å². The molecule has 0 atom stereocenters. The first-order valence-electron chi connectivity index (χ1n) is 8.02. The molecular formula is C17H17BrClN5O4. The van der Waals surface area contributed by atoms with Crippen LogP contribution in [0.25, 0.3) is 0 Å². The zero-order valence-electron chi connectivity index (χ0n) is 14.8. The Morgan fingerprint density at radius 2 is 1.89 bits per heavy atom. The number of amides is 2.